The van der Waals surface area contributed by atoms with Crippen LogP contribution in [-0.4, -0.2) is 18.0 Å². The van der Waals surface area contributed by atoms with Crippen molar-refractivity contribution in [2.24, 2.45) is 5.16 Å². The average Bonchev–Trinajstić information content (AvgIpc) is 2.47. The molecule has 0 amide bonds. The number of rotatable bonds is 6. The second kappa shape index (κ2) is 7.69. The molecule has 21 heavy (non-hydrogen) atoms. The Labute approximate surface area is 132 Å². The molecule has 0 fully saturated rings. The van der Waals surface area contributed by atoms with Gasteiger partial charge in [0, 0.05) is 10.0 Å². The molecule has 1 N–H and O–H groups in total. The summed E-state index contributed by atoms with van der Waals surface area (Å²) in [6.07, 6.45) is 1.35. The maximum atomic E-state index is 8.58. The van der Waals surface area contributed by atoms with Crippen LogP contribution in [0.5, 0.6) is 11.5 Å². The fourth-order valence-electron chi connectivity index (χ4n) is 1.85. The second-order valence-electron chi connectivity index (χ2n) is 4.30. The van der Waals surface area contributed by atoms with E-state index in [9.17, 15) is 0 Å². The Hall–Kier alpha value is -2.01. The third-order valence-electron chi connectivity index (χ3n) is 2.76. The van der Waals surface area contributed by atoms with Gasteiger partial charge in [0.1, 0.15) is 6.61 Å². The first-order valence-electron chi connectivity index (χ1n) is 6.54. The van der Waals surface area contributed by atoms with Crippen LogP contribution in [0.3, 0.4) is 0 Å². The van der Waals surface area contributed by atoms with Crippen LogP contribution in [0, 0.1) is 0 Å². The minimum absolute atomic E-state index is 0.451. The highest BCUT2D eigenvalue weighted by molar-refractivity contribution is 9.10. The van der Waals surface area contributed by atoms with Crippen molar-refractivity contribution < 1.29 is 14.7 Å². The molecule has 0 aliphatic rings. The molecular weight excluding hydrogens is 334 g/mol. The quantitative estimate of drug-likeness (QED) is 0.482. The van der Waals surface area contributed by atoms with E-state index in [1.165, 1.54) is 6.21 Å². The van der Waals surface area contributed by atoms with E-state index in [2.05, 4.69) is 21.1 Å². The van der Waals surface area contributed by atoms with Crippen LogP contribution in [0.25, 0.3) is 0 Å². The van der Waals surface area contributed by atoms with Crippen LogP contribution in [0.1, 0.15) is 18.1 Å². The molecule has 0 spiro atoms. The van der Waals surface area contributed by atoms with Crippen LogP contribution < -0.4 is 9.47 Å². The SMILES string of the molecule is CCOc1cc(/C=N/O)ccc1OCc1cccc(Br)c1. The standard InChI is InChI=1S/C16H16BrNO3/c1-2-20-16-9-12(10-18-19)6-7-15(16)21-11-13-4-3-5-14(17)8-13/h3-10,19H,2,11H2,1H3/b18-10+. The number of hydrogen-bond acceptors (Lipinski definition) is 4. The van der Waals surface area contributed by atoms with Crippen LogP contribution in [0.4, 0.5) is 0 Å². The Balaban J connectivity index is 2.14. The van der Waals surface area contributed by atoms with Gasteiger partial charge in [-0.05, 0) is 42.8 Å². The Morgan fingerprint density at radius 3 is 2.71 bits per heavy atom. The molecule has 110 valence electrons. The third kappa shape index (κ3) is 4.49. The van der Waals surface area contributed by atoms with Crippen molar-refractivity contribution in [3.8, 4) is 11.5 Å². The molecule has 0 unspecified atom stereocenters. The number of ether oxygens (including phenoxy) is 2. The van der Waals surface area contributed by atoms with Gasteiger partial charge < -0.3 is 14.7 Å². The van der Waals surface area contributed by atoms with Crippen molar-refractivity contribution >= 4 is 22.1 Å². The van der Waals surface area contributed by atoms with E-state index in [1.807, 2.05) is 31.2 Å². The van der Waals surface area contributed by atoms with E-state index in [0.717, 1.165) is 15.6 Å². The molecule has 2 rings (SSSR count). The summed E-state index contributed by atoms with van der Waals surface area (Å²) in [6, 6.07) is 13.3. The lowest BCUT2D eigenvalue weighted by atomic mass is 10.2. The molecule has 5 heteroatoms. The van der Waals surface area contributed by atoms with Crippen molar-refractivity contribution in [1.82, 2.24) is 0 Å². The van der Waals surface area contributed by atoms with Gasteiger partial charge in [-0.2, -0.15) is 0 Å². The van der Waals surface area contributed by atoms with Crippen LogP contribution in [0.2, 0.25) is 0 Å². The summed E-state index contributed by atoms with van der Waals surface area (Å²) in [7, 11) is 0. The molecular formula is C16H16BrNO3. The first-order chi connectivity index (χ1) is 10.2. The molecule has 0 aliphatic heterocycles. The lowest BCUT2D eigenvalue weighted by Crippen LogP contribution is -2.00. The van der Waals surface area contributed by atoms with Crippen LogP contribution >= 0.6 is 15.9 Å². The first-order valence-corrected chi connectivity index (χ1v) is 7.33. The van der Waals surface area contributed by atoms with Gasteiger partial charge in [0.2, 0.25) is 0 Å². The summed E-state index contributed by atoms with van der Waals surface area (Å²) >= 11 is 3.44. The lowest BCUT2D eigenvalue weighted by molar-refractivity contribution is 0.269. The Morgan fingerprint density at radius 2 is 2.00 bits per heavy atom. The van der Waals surface area contributed by atoms with E-state index >= 15 is 0 Å². The number of halogens is 1. The van der Waals surface area contributed by atoms with Crippen molar-refractivity contribution in [2.75, 3.05) is 6.61 Å². The van der Waals surface area contributed by atoms with Gasteiger partial charge in [0.25, 0.3) is 0 Å². The molecule has 2 aromatic rings. The molecule has 0 aromatic heterocycles. The second-order valence-corrected chi connectivity index (χ2v) is 5.22. The minimum Gasteiger partial charge on any atom is -0.490 e. The van der Waals surface area contributed by atoms with Gasteiger partial charge in [-0.3, -0.25) is 0 Å². The van der Waals surface area contributed by atoms with Gasteiger partial charge in [-0.15, -0.1) is 0 Å². The number of oxime groups is 1. The van der Waals surface area contributed by atoms with Crippen molar-refractivity contribution in [2.45, 2.75) is 13.5 Å². The molecule has 0 heterocycles. The smallest absolute Gasteiger partial charge is 0.161 e. The largest absolute Gasteiger partial charge is 0.490 e. The van der Waals surface area contributed by atoms with E-state index in [-0.39, 0.29) is 0 Å². The monoisotopic (exact) mass is 349 g/mol. The van der Waals surface area contributed by atoms with E-state index in [4.69, 9.17) is 14.7 Å². The maximum Gasteiger partial charge on any atom is 0.161 e. The summed E-state index contributed by atoms with van der Waals surface area (Å²) in [5.74, 6) is 1.29. The van der Waals surface area contributed by atoms with Gasteiger partial charge in [-0.1, -0.05) is 33.2 Å². The minimum atomic E-state index is 0.451. The lowest BCUT2D eigenvalue weighted by Gasteiger charge is -2.12. The van der Waals surface area contributed by atoms with Crippen molar-refractivity contribution in [3.63, 3.8) is 0 Å². The van der Waals surface area contributed by atoms with Gasteiger partial charge in [-0.25, -0.2) is 0 Å². The Bertz CT molecular complexity index is 629. The topological polar surface area (TPSA) is 51.0 Å². The summed E-state index contributed by atoms with van der Waals surface area (Å²) < 4.78 is 12.4. The maximum absolute atomic E-state index is 8.58. The highest BCUT2D eigenvalue weighted by atomic mass is 79.9. The molecule has 0 saturated heterocycles. The molecule has 0 atom stereocenters. The zero-order chi connectivity index (χ0) is 15.1. The van der Waals surface area contributed by atoms with E-state index in [0.29, 0.717) is 24.7 Å². The summed E-state index contributed by atoms with van der Waals surface area (Å²) in [5.41, 5.74) is 1.81. The van der Waals surface area contributed by atoms with E-state index in [1.54, 1.807) is 18.2 Å². The molecule has 0 radical (unpaired) electrons. The van der Waals surface area contributed by atoms with Gasteiger partial charge >= 0.3 is 0 Å². The Morgan fingerprint density at radius 1 is 1.14 bits per heavy atom. The van der Waals surface area contributed by atoms with Gasteiger partial charge in [0.05, 0.1) is 12.8 Å². The predicted molar refractivity (Wildman–Crippen MR) is 85.5 cm³/mol. The van der Waals surface area contributed by atoms with Crippen molar-refractivity contribution in [3.05, 3.63) is 58.1 Å². The molecule has 0 saturated carbocycles. The summed E-state index contributed by atoms with van der Waals surface area (Å²) in [6.45, 7) is 2.89. The van der Waals surface area contributed by atoms with Crippen LogP contribution in [0.15, 0.2) is 52.1 Å². The first kappa shape index (κ1) is 15.4. The molecule has 2 aromatic carbocycles. The molecule has 0 aliphatic carbocycles. The zero-order valence-corrected chi connectivity index (χ0v) is 13.2. The average molecular weight is 350 g/mol. The third-order valence-corrected chi connectivity index (χ3v) is 3.25. The van der Waals surface area contributed by atoms with Crippen LogP contribution in [-0.2, 0) is 6.61 Å². The van der Waals surface area contributed by atoms with Crippen molar-refractivity contribution in [1.29, 1.82) is 0 Å². The summed E-state index contributed by atoms with van der Waals surface area (Å²) in [5, 5.41) is 11.6. The zero-order valence-electron chi connectivity index (χ0n) is 11.6. The fraction of sp³-hybridized carbons (Fsp3) is 0.188. The molecule has 4 nitrogen and oxygen atoms in total. The highest BCUT2D eigenvalue weighted by Crippen LogP contribution is 2.29. The fourth-order valence-corrected chi connectivity index (χ4v) is 2.29. The molecule has 0 bridgehead atoms. The number of hydrogen-bond donors (Lipinski definition) is 1. The number of nitrogens with zero attached hydrogens (tertiary/aromatic N) is 1. The predicted octanol–water partition coefficient (Wildman–Crippen LogP) is 4.23. The Kier molecular flexibility index (Phi) is 5.63. The highest BCUT2D eigenvalue weighted by Gasteiger charge is 2.06. The normalized spacial score (nSPS) is 10.8. The van der Waals surface area contributed by atoms with E-state index < -0.39 is 0 Å². The number of benzene rings is 2. The summed E-state index contributed by atoms with van der Waals surface area (Å²) in [4.78, 5) is 0. The van der Waals surface area contributed by atoms with Gasteiger partial charge in [0.15, 0.2) is 11.5 Å².